The standard InChI is InChI=1S/C21H22Cl3NO2S/c22-16-7-9-20(18(24)14-16)28-19-8-5-15(13-17(19)23)6-10-21(27)25-11-3-1-2-4-12-26/h5-10,13-14,26H,1-4,11-12H2,(H,25,27)/b10-6+. The van der Waals surface area contributed by atoms with Crippen molar-refractivity contribution in [1.82, 2.24) is 5.32 Å². The van der Waals surface area contributed by atoms with Crippen LogP contribution in [0.2, 0.25) is 15.1 Å². The first-order valence-electron chi connectivity index (χ1n) is 8.99. The molecule has 2 aromatic rings. The van der Waals surface area contributed by atoms with Gasteiger partial charge in [-0.05, 0) is 54.8 Å². The molecule has 0 aliphatic rings. The molecule has 0 saturated heterocycles. The lowest BCUT2D eigenvalue weighted by molar-refractivity contribution is -0.116. The fourth-order valence-corrected chi connectivity index (χ4v) is 4.06. The Morgan fingerprint density at radius 1 is 0.964 bits per heavy atom. The fourth-order valence-electron chi connectivity index (χ4n) is 2.41. The summed E-state index contributed by atoms with van der Waals surface area (Å²) >= 11 is 20.0. The number of carbonyl (C=O) groups excluding carboxylic acids is 1. The Hall–Kier alpha value is -1.17. The van der Waals surface area contributed by atoms with Crippen LogP contribution >= 0.6 is 46.6 Å². The Bertz CT molecular complexity index is 827. The third-order valence-corrected chi connectivity index (χ3v) is 6.12. The highest BCUT2D eigenvalue weighted by molar-refractivity contribution is 7.99. The Morgan fingerprint density at radius 3 is 2.32 bits per heavy atom. The minimum absolute atomic E-state index is 0.135. The Labute approximate surface area is 185 Å². The number of rotatable bonds is 10. The zero-order valence-corrected chi connectivity index (χ0v) is 18.3. The highest BCUT2D eigenvalue weighted by atomic mass is 35.5. The van der Waals surface area contributed by atoms with E-state index in [4.69, 9.17) is 39.9 Å². The molecule has 3 nitrogen and oxygen atoms in total. The molecule has 0 saturated carbocycles. The third kappa shape index (κ3) is 8.06. The van der Waals surface area contributed by atoms with Gasteiger partial charge in [0.25, 0.3) is 0 Å². The average molecular weight is 459 g/mol. The van der Waals surface area contributed by atoms with Gasteiger partial charge in [0.2, 0.25) is 5.91 Å². The van der Waals surface area contributed by atoms with Crippen LogP contribution in [0.4, 0.5) is 0 Å². The Kier molecular flexibility index (Phi) is 10.2. The normalized spacial score (nSPS) is 11.1. The molecule has 0 atom stereocenters. The molecule has 0 aliphatic carbocycles. The van der Waals surface area contributed by atoms with Crippen molar-refractivity contribution in [2.75, 3.05) is 13.2 Å². The number of aliphatic hydroxyl groups excluding tert-OH is 1. The number of carbonyl (C=O) groups is 1. The van der Waals surface area contributed by atoms with Crippen molar-refractivity contribution in [2.45, 2.75) is 35.5 Å². The Balaban J connectivity index is 1.87. The SMILES string of the molecule is O=C(/C=C/c1ccc(Sc2ccc(Cl)cc2Cl)c(Cl)c1)NCCCCCCO. The lowest BCUT2D eigenvalue weighted by atomic mass is 10.2. The van der Waals surface area contributed by atoms with Crippen molar-refractivity contribution >= 4 is 58.5 Å². The van der Waals surface area contributed by atoms with E-state index in [9.17, 15) is 4.79 Å². The third-order valence-electron chi connectivity index (χ3n) is 3.88. The first kappa shape index (κ1) is 23.1. The zero-order valence-electron chi connectivity index (χ0n) is 15.3. The maximum atomic E-state index is 11.9. The summed E-state index contributed by atoms with van der Waals surface area (Å²) in [5, 5.41) is 13.3. The van der Waals surface area contributed by atoms with Crippen molar-refractivity contribution < 1.29 is 9.90 Å². The van der Waals surface area contributed by atoms with Crippen molar-refractivity contribution in [1.29, 1.82) is 0 Å². The molecule has 28 heavy (non-hydrogen) atoms. The van der Waals surface area contributed by atoms with Gasteiger partial charge >= 0.3 is 0 Å². The summed E-state index contributed by atoms with van der Waals surface area (Å²) in [5.74, 6) is -0.135. The van der Waals surface area contributed by atoms with Crippen LogP contribution in [0.25, 0.3) is 6.08 Å². The second kappa shape index (κ2) is 12.4. The molecule has 0 spiro atoms. The molecule has 2 N–H and O–H groups in total. The second-order valence-corrected chi connectivity index (χ2v) is 8.46. The van der Waals surface area contributed by atoms with Gasteiger partial charge < -0.3 is 10.4 Å². The fraction of sp³-hybridized carbons (Fsp3) is 0.286. The summed E-state index contributed by atoms with van der Waals surface area (Å²) in [6.45, 7) is 0.856. The lowest BCUT2D eigenvalue weighted by Gasteiger charge is -2.07. The molecular weight excluding hydrogens is 437 g/mol. The van der Waals surface area contributed by atoms with E-state index in [1.165, 1.54) is 17.8 Å². The Morgan fingerprint density at radius 2 is 1.64 bits per heavy atom. The molecular formula is C21H22Cl3NO2S. The van der Waals surface area contributed by atoms with E-state index in [2.05, 4.69) is 5.32 Å². The molecule has 150 valence electrons. The van der Waals surface area contributed by atoms with Crippen molar-refractivity contribution in [2.24, 2.45) is 0 Å². The van der Waals surface area contributed by atoms with Gasteiger partial charge in [0, 0.05) is 34.0 Å². The number of amides is 1. The monoisotopic (exact) mass is 457 g/mol. The molecule has 0 bridgehead atoms. The molecule has 0 fully saturated rings. The quantitative estimate of drug-likeness (QED) is 0.316. The summed E-state index contributed by atoms with van der Waals surface area (Å²) in [6, 6.07) is 10.9. The highest BCUT2D eigenvalue weighted by Crippen LogP contribution is 2.38. The molecule has 0 aliphatic heterocycles. The molecule has 2 aromatic carbocycles. The number of halogens is 3. The molecule has 7 heteroatoms. The van der Waals surface area contributed by atoms with Gasteiger partial charge in [-0.3, -0.25) is 4.79 Å². The van der Waals surface area contributed by atoms with Crippen molar-refractivity contribution in [3.63, 3.8) is 0 Å². The predicted molar refractivity (Wildman–Crippen MR) is 120 cm³/mol. The van der Waals surface area contributed by atoms with E-state index in [0.717, 1.165) is 41.0 Å². The molecule has 0 radical (unpaired) electrons. The number of aliphatic hydroxyl groups is 1. The van der Waals surface area contributed by atoms with Crippen LogP contribution in [0.1, 0.15) is 31.2 Å². The smallest absolute Gasteiger partial charge is 0.243 e. The minimum Gasteiger partial charge on any atom is -0.396 e. The summed E-state index contributed by atoms with van der Waals surface area (Å²) in [4.78, 5) is 13.6. The van der Waals surface area contributed by atoms with Crippen molar-refractivity contribution in [3.8, 4) is 0 Å². The van der Waals surface area contributed by atoms with Gasteiger partial charge in [-0.2, -0.15) is 0 Å². The van der Waals surface area contributed by atoms with Crippen LogP contribution in [0, 0.1) is 0 Å². The van der Waals surface area contributed by atoms with Crippen LogP contribution < -0.4 is 5.32 Å². The minimum atomic E-state index is -0.135. The highest BCUT2D eigenvalue weighted by Gasteiger charge is 2.07. The molecule has 1 amide bonds. The van der Waals surface area contributed by atoms with Crippen LogP contribution in [0.15, 0.2) is 52.3 Å². The molecule has 0 unspecified atom stereocenters. The van der Waals surface area contributed by atoms with Gasteiger partial charge in [-0.1, -0.05) is 65.5 Å². The first-order valence-corrected chi connectivity index (χ1v) is 10.9. The molecule has 2 rings (SSSR count). The van der Waals surface area contributed by atoms with Crippen LogP contribution in [-0.2, 0) is 4.79 Å². The molecule has 0 aromatic heterocycles. The van der Waals surface area contributed by atoms with E-state index in [1.54, 1.807) is 18.2 Å². The summed E-state index contributed by atoms with van der Waals surface area (Å²) in [6.07, 6.45) is 6.93. The maximum absolute atomic E-state index is 11.9. The van der Waals surface area contributed by atoms with Crippen LogP contribution in [0.3, 0.4) is 0 Å². The van der Waals surface area contributed by atoms with Gasteiger partial charge in [-0.25, -0.2) is 0 Å². The van der Waals surface area contributed by atoms with Gasteiger partial charge in [0.15, 0.2) is 0 Å². The van der Waals surface area contributed by atoms with E-state index in [0.29, 0.717) is 21.6 Å². The van der Waals surface area contributed by atoms with Gasteiger partial charge in [-0.15, -0.1) is 0 Å². The second-order valence-electron chi connectivity index (χ2n) is 6.13. The topological polar surface area (TPSA) is 49.3 Å². The van der Waals surface area contributed by atoms with E-state index < -0.39 is 0 Å². The number of hydrogen-bond acceptors (Lipinski definition) is 3. The number of hydrogen-bond donors (Lipinski definition) is 2. The summed E-state index contributed by atoms with van der Waals surface area (Å²) in [5.41, 5.74) is 0.842. The molecule has 0 heterocycles. The van der Waals surface area contributed by atoms with E-state index >= 15 is 0 Å². The first-order chi connectivity index (χ1) is 13.5. The zero-order chi connectivity index (χ0) is 20.4. The predicted octanol–water partition coefficient (Wildman–Crippen LogP) is 6.48. The number of benzene rings is 2. The van der Waals surface area contributed by atoms with Crippen molar-refractivity contribution in [3.05, 3.63) is 63.1 Å². The lowest BCUT2D eigenvalue weighted by Crippen LogP contribution is -2.21. The summed E-state index contributed by atoms with van der Waals surface area (Å²) in [7, 11) is 0. The van der Waals surface area contributed by atoms with E-state index in [1.807, 2.05) is 24.3 Å². The van der Waals surface area contributed by atoms with E-state index in [-0.39, 0.29) is 12.5 Å². The van der Waals surface area contributed by atoms with Gasteiger partial charge in [0.05, 0.1) is 10.0 Å². The number of unbranched alkanes of at least 4 members (excludes halogenated alkanes) is 3. The average Bonchev–Trinajstić information content (AvgIpc) is 2.66. The number of nitrogens with one attached hydrogen (secondary N) is 1. The van der Waals surface area contributed by atoms with Crippen LogP contribution in [0.5, 0.6) is 0 Å². The van der Waals surface area contributed by atoms with Crippen LogP contribution in [-0.4, -0.2) is 24.2 Å². The summed E-state index contributed by atoms with van der Waals surface area (Å²) < 4.78 is 0. The maximum Gasteiger partial charge on any atom is 0.243 e. The largest absolute Gasteiger partial charge is 0.396 e. The van der Waals surface area contributed by atoms with Gasteiger partial charge in [0.1, 0.15) is 0 Å².